The molecule has 80 valence electrons. The zero-order chi connectivity index (χ0) is 11.4. The second-order valence-corrected chi connectivity index (χ2v) is 2.98. The average Bonchev–Trinajstić information content (AvgIpc) is 2.18. The molecule has 0 aliphatic rings. The van der Waals surface area contributed by atoms with Crippen molar-refractivity contribution in [3.8, 4) is 0 Å². The van der Waals surface area contributed by atoms with Crippen molar-refractivity contribution in [1.82, 2.24) is 0 Å². The molecule has 15 heavy (non-hydrogen) atoms. The molecule has 4 nitrogen and oxygen atoms in total. The van der Waals surface area contributed by atoms with Crippen molar-refractivity contribution in [2.75, 3.05) is 6.61 Å². The Morgan fingerprint density at radius 3 is 2.80 bits per heavy atom. The summed E-state index contributed by atoms with van der Waals surface area (Å²) in [5.74, 6) is -0.662. The van der Waals surface area contributed by atoms with E-state index in [2.05, 4.69) is 0 Å². The molecule has 5 heteroatoms. The van der Waals surface area contributed by atoms with Gasteiger partial charge in [-0.05, 0) is 18.6 Å². The van der Waals surface area contributed by atoms with Crippen LogP contribution in [-0.2, 0) is 0 Å². The van der Waals surface area contributed by atoms with E-state index in [1.54, 1.807) is 0 Å². The maximum atomic E-state index is 13.0. The topological polar surface area (TPSA) is 63.4 Å². The van der Waals surface area contributed by atoms with E-state index in [9.17, 15) is 14.5 Å². The highest BCUT2D eigenvalue weighted by Gasteiger charge is 2.14. The summed E-state index contributed by atoms with van der Waals surface area (Å²) < 4.78 is 13.0. The Morgan fingerprint density at radius 2 is 2.27 bits per heavy atom. The van der Waals surface area contributed by atoms with Crippen LogP contribution in [0.25, 0.3) is 6.08 Å². The minimum absolute atomic E-state index is 0.191. The molecule has 0 radical (unpaired) electrons. The predicted octanol–water partition coefficient (Wildman–Crippen LogP) is 2.05. The van der Waals surface area contributed by atoms with E-state index in [4.69, 9.17) is 5.11 Å². The van der Waals surface area contributed by atoms with Crippen LogP contribution in [0.1, 0.15) is 11.1 Å². The van der Waals surface area contributed by atoms with Gasteiger partial charge in [0.05, 0.1) is 17.6 Å². The van der Waals surface area contributed by atoms with Gasteiger partial charge in [0.15, 0.2) is 0 Å². The molecule has 0 saturated heterocycles. The smallest absolute Gasteiger partial charge is 0.275 e. The number of nitro benzene ring substituents is 1. The Hall–Kier alpha value is -1.75. The predicted molar refractivity (Wildman–Crippen MR) is 53.9 cm³/mol. The molecule has 0 amide bonds. The van der Waals surface area contributed by atoms with Crippen LogP contribution in [0.2, 0.25) is 0 Å². The summed E-state index contributed by atoms with van der Waals surface area (Å²) in [6, 6.07) is 2.07. The van der Waals surface area contributed by atoms with Crippen LogP contribution >= 0.6 is 0 Å². The SMILES string of the molecule is Cc1c(C=CCO)cc(F)cc1[N+](=O)[O-]. The summed E-state index contributed by atoms with van der Waals surface area (Å²) in [6.07, 6.45) is 2.84. The van der Waals surface area contributed by atoms with Gasteiger partial charge in [-0.25, -0.2) is 4.39 Å². The van der Waals surface area contributed by atoms with E-state index < -0.39 is 10.7 Å². The Bertz CT molecular complexity index is 415. The quantitative estimate of drug-likeness (QED) is 0.614. The molecule has 1 aromatic rings. The normalized spacial score (nSPS) is 10.9. The highest BCUT2D eigenvalue weighted by atomic mass is 19.1. The number of nitro groups is 1. The van der Waals surface area contributed by atoms with Gasteiger partial charge in [-0.2, -0.15) is 0 Å². The monoisotopic (exact) mass is 211 g/mol. The highest BCUT2D eigenvalue weighted by Crippen LogP contribution is 2.24. The molecule has 0 unspecified atom stereocenters. The third kappa shape index (κ3) is 2.60. The van der Waals surface area contributed by atoms with E-state index in [0.717, 1.165) is 6.07 Å². The van der Waals surface area contributed by atoms with Crippen LogP contribution in [-0.4, -0.2) is 16.6 Å². The Balaban J connectivity index is 3.28. The van der Waals surface area contributed by atoms with Crippen LogP contribution in [0.4, 0.5) is 10.1 Å². The first-order valence-electron chi connectivity index (χ1n) is 4.28. The van der Waals surface area contributed by atoms with Gasteiger partial charge < -0.3 is 5.11 Å². The van der Waals surface area contributed by atoms with Crippen molar-refractivity contribution in [3.05, 3.63) is 45.3 Å². The lowest BCUT2D eigenvalue weighted by Gasteiger charge is -2.02. The van der Waals surface area contributed by atoms with E-state index in [1.807, 2.05) is 0 Å². The maximum absolute atomic E-state index is 13.0. The van der Waals surface area contributed by atoms with E-state index in [0.29, 0.717) is 11.1 Å². The van der Waals surface area contributed by atoms with Crippen molar-refractivity contribution in [3.63, 3.8) is 0 Å². The fraction of sp³-hybridized carbons (Fsp3) is 0.200. The zero-order valence-electron chi connectivity index (χ0n) is 8.11. The molecular weight excluding hydrogens is 201 g/mol. The molecule has 0 atom stereocenters. The third-order valence-electron chi connectivity index (χ3n) is 1.98. The van der Waals surface area contributed by atoms with Crippen molar-refractivity contribution >= 4 is 11.8 Å². The number of hydrogen-bond donors (Lipinski definition) is 1. The Labute approximate surface area is 85.8 Å². The van der Waals surface area contributed by atoms with Crippen LogP contribution in [0.15, 0.2) is 18.2 Å². The molecule has 0 aliphatic carbocycles. The van der Waals surface area contributed by atoms with E-state index in [1.165, 1.54) is 25.1 Å². The largest absolute Gasteiger partial charge is 0.392 e. The van der Waals surface area contributed by atoms with Crippen molar-refractivity contribution in [1.29, 1.82) is 0 Å². The number of nitrogens with zero attached hydrogens (tertiary/aromatic N) is 1. The number of aliphatic hydroxyl groups is 1. The van der Waals surface area contributed by atoms with Gasteiger partial charge in [0, 0.05) is 5.56 Å². The second-order valence-electron chi connectivity index (χ2n) is 2.98. The molecule has 0 aliphatic heterocycles. The van der Waals surface area contributed by atoms with Gasteiger partial charge in [0.2, 0.25) is 0 Å². The Kier molecular flexibility index (Phi) is 3.51. The number of halogens is 1. The number of benzene rings is 1. The fourth-order valence-electron chi connectivity index (χ4n) is 1.23. The molecule has 0 saturated carbocycles. The molecule has 0 bridgehead atoms. The first-order chi connectivity index (χ1) is 7.06. The summed E-state index contributed by atoms with van der Waals surface area (Å²) in [7, 11) is 0. The van der Waals surface area contributed by atoms with E-state index >= 15 is 0 Å². The lowest BCUT2D eigenvalue weighted by molar-refractivity contribution is -0.385. The summed E-state index contributed by atoms with van der Waals surface area (Å²) in [6.45, 7) is 1.35. The highest BCUT2D eigenvalue weighted by molar-refractivity contribution is 5.60. The number of aliphatic hydroxyl groups excluding tert-OH is 1. The van der Waals surface area contributed by atoms with Crippen LogP contribution in [0.3, 0.4) is 0 Å². The molecule has 1 rings (SSSR count). The lowest BCUT2D eigenvalue weighted by Crippen LogP contribution is -1.95. The minimum Gasteiger partial charge on any atom is -0.392 e. The summed E-state index contributed by atoms with van der Waals surface area (Å²) in [5.41, 5.74) is 0.523. The number of rotatable bonds is 3. The second kappa shape index (κ2) is 4.65. The van der Waals surface area contributed by atoms with E-state index in [-0.39, 0.29) is 12.3 Å². The molecular formula is C10H10FNO3. The first kappa shape index (κ1) is 11.3. The van der Waals surface area contributed by atoms with Crippen molar-refractivity contribution < 1.29 is 14.4 Å². The zero-order valence-corrected chi connectivity index (χ0v) is 8.11. The molecule has 0 heterocycles. The van der Waals surface area contributed by atoms with Crippen LogP contribution in [0.5, 0.6) is 0 Å². The number of hydrogen-bond acceptors (Lipinski definition) is 3. The third-order valence-corrected chi connectivity index (χ3v) is 1.98. The van der Waals surface area contributed by atoms with Crippen molar-refractivity contribution in [2.24, 2.45) is 0 Å². The molecule has 0 aromatic heterocycles. The molecule has 1 N–H and O–H groups in total. The summed E-state index contributed by atoms with van der Waals surface area (Å²) in [4.78, 5) is 9.94. The van der Waals surface area contributed by atoms with Crippen molar-refractivity contribution in [2.45, 2.75) is 6.92 Å². The molecule has 0 spiro atoms. The fourth-order valence-corrected chi connectivity index (χ4v) is 1.23. The van der Waals surface area contributed by atoms with Crippen LogP contribution < -0.4 is 0 Å². The summed E-state index contributed by atoms with van der Waals surface area (Å²) in [5, 5.41) is 19.1. The minimum atomic E-state index is -0.662. The standard InChI is InChI=1S/C10H10FNO3/c1-7-8(3-2-4-13)5-9(11)6-10(7)12(14)15/h2-3,5-6,13H,4H2,1H3. The molecule has 1 aromatic carbocycles. The van der Waals surface area contributed by atoms with Gasteiger partial charge >= 0.3 is 0 Å². The van der Waals surface area contributed by atoms with Gasteiger partial charge in [-0.3, -0.25) is 10.1 Å². The maximum Gasteiger partial charge on any atom is 0.275 e. The van der Waals surface area contributed by atoms with Crippen LogP contribution in [0, 0.1) is 22.9 Å². The summed E-state index contributed by atoms with van der Waals surface area (Å²) >= 11 is 0. The van der Waals surface area contributed by atoms with Gasteiger partial charge in [0.25, 0.3) is 5.69 Å². The lowest BCUT2D eigenvalue weighted by atomic mass is 10.1. The van der Waals surface area contributed by atoms with Gasteiger partial charge in [-0.1, -0.05) is 12.2 Å². The van der Waals surface area contributed by atoms with Gasteiger partial charge in [-0.15, -0.1) is 0 Å². The Morgan fingerprint density at radius 1 is 1.60 bits per heavy atom. The van der Waals surface area contributed by atoms with Gasteiger partial charge in [0.1, 0.15) is 5.82 Å². The first-order valence-corrected chi connectivity index (χ1v) is 4.28. The average molecular weight is 211 g/mol. The molecule has 0 fully saturated rings.